The molecule has 0 bridgehead atoms. The Bertz CT molecular complexity index is 713. The number of thioether (sulfide) groups is 1. The van der Waals surface area contributed by atoms with Crippen LogP contribution in [0.25, 0.3) is 5.57 Å². The molecule has 2 rings (SSSR count). The number of allylic oxidation sites excluding steroid dienone is 1. The quantitative estimate of drug-likeness (QED) is 0.259. The first-order chi connectivity index (χ1) is 11.6. The van der Waals surface area contributed by atoms with Gasteiger partial charge in [-0.2, -0.15) is 10.8 Å². The Morgan fingerprint density at radius 3 is 2.28 bits per heavy atom. The molecule has 2 aromatic carbocycles. The van der Waals surface area contributed by atoms with E-state index in [1.165, 1.54) is 27.3 Å². The van der Waals surface area contributed by atoms with Crippen molar-refractivity contribution >= 4 is 23.0 Å². The van der Waals surface area contributed by atoms with Crippen molar-refractivity contribution < 1.29 is 17.1 Å². The normalized spacial score (nSPS) is 10.7. The fourth-order valence-electron chi connectivity index (χ4n) is 2.29. The average molecular weight is 399 g/mol. The molecular weight excluding hydrogens is 376 g/mol. The average Bonchev–Trinajstić information content (AvgIpc) is 2.59. The molecule has 0 N–H and O–H groups in total. The van der Waals surface area contributed by atoms with Crippen LogP contribution in [-0.2, 0) is 17.1 Å². The predicted molar refractivity (Wildman–Crippen MR) is 104 cm³/mol. The molecule has 134 valence electrons. The fraction of sp³-hybridized carbons (Fsp3) is 0.286. The fourth-order valence-corrected chi connectivity index (χ4v) is 3.02. The summed E-state index contributed by atoms with van der Waals surface area (Å²) < 4.78 is 0. The van der Waals surface area contributed by atoms with Crippen molar-refractivity contribution in [3.63, 3.8) is 0 Å². The van der Waals surface area contributed by atoms with Crippen LogP contribution in [0.15, 0.2) is 53.4 Å². The van der Waals surface area contributed by atoms with E-state index in [0.29, 0.717) is 6.42 Å². The molecule has 0 unspecified atom stereocenters. The number of unbranched alkanes of at least 4 members (excludes halogenated alkanes) is 1. The predicted octanol–water partition coefficient (Wildman–Crippen LogP) is 5.69. The Labute approximate surface area is 166 Å². The minimum atomic E-state index is 0. The Morgan fingerprint density at radius 2 is 1.72 bits per heavy atom. The number of aryl methyl sites for hydroxylation is 1. The van der Waals surface area contributed by atoms with Crippen molar-refractivity contribution in [1.82, 2.24) is 0 Å². The van der Waals surface area contributed by atoms with Crippen LogP contribution in [0.4, 0.5) is 5.69 Å². The summed E-state index contributed by atoms with van der Waals surface area (Å²) in [5.41, 5.74) is 4.79. The summed E-state index contributed by atoms with van der Waals surface area (Å²) in [5.74, 6) is 0. The van der Waals surface area contributed by atoms with Gasteiger partial charge in [0.25, 0.3) is 0 Å². The van der Waals surface area contributed by atoms with E-state index in [1.54, 1.807) is 11.8 Å². The smallest absolute Gasteiger partial charge is 0.378 e. The van der Waals surface area contributed by atoms with Gasteiger partial charge in [0.2, 0.25) is 0 Å². The van der Waals surface area contributed by atoms with Crippen LogP contribution in [0.2, 0.25) is 0 Å². The minimum absolute atomic E-state index is 0. The molecule has 0 saturated heterocycles. The van der Waals surface area contributed by atoms with Crippen LogP contribution in [0.1, 0.15) is 30.4 Å². The van der Waals surface area contributed by atoms with E-state index in [1.807, 2.05) is 14.1 Å². The zero-order valence-electron chi connectivity index (χ0n) is 14.8. The Hall–Kier alpha value is -1.66. The van der Waals surface area contributed by atoms with Gasteiger partial charge in [-0.25, -0.2) is 22.7 Å². The van der Waals surface area contributed by atoms with Gasteiger partial charge >= 0.3 is 17.1 Å². The number of anilines is 1. The molecule has 2 aromatic rings. The Balaban J connectivity index is 0.00000312. The van der Waals surface area contributed by atoms with Crippen LogP contribution >= 0.6 is 11.8 Å². The van der Waals surface area contributed by atoms with Gasteiger partial charge < -0.3 is 4.90 Å². The first-order valence-corrected chi connectivity index (χ1v) is 8.92. The van der Waals surface area contributed by atoms with Crippen molar-refractivity contribution in [3.05, 3.63) is 65.1 Å². The van der Waals surface area contributed by atoms with E-state index < -0.39 is 0 Å². The van der Waals surface area contributed by atoms with Crippen LogP contribution < -0.4 is 4.90 Å². The second-order valence-corrected chi connectivity index (χ2v) is 6.83. The maximum Gasteiger partial charge on any atom is 1.00 e. The molecule has 0 atom stereocenters. The third kappa shape index (κ3) is 7.00. The first-order valence-electron chi connectivity index (χ1n) is 8.10. The van der Waals surface area contributed by atoms with E-state index >= 15 is 0 Å². The number of nitrogens with zero attached hydrogens (tertiary/aromatic N) is 2. The van der Waals surface area contributed by atoms with Gasteiger partial charge in [-0.3, -0.25) is 0 Å². The van der Waals surface area contributed by atoms with Gasteiger partial charge in [0.1, 0.15) is 0 Å². The largest absolute Gasteiger partial charge is 1.00 e. The van der Waals surface area contributed by atoms with Crippen LogP contribution in [0.5, 0.6) is 0 Å². The number of hydrogen-bond acceptors (Lipinski definition) is 3. The SMILES string of the molecule is Cc1ccc(S[C-]=C(CCCC#N)c2ccc(N(C)C)cc2)cc1.[Cu+]. The topological polar surface area (TPSA) is 27.0 Å². The Kier molecular flexibility index (Phi) is 9.45. The van der Waals surface area contributed by atoms with Gasteiger partial charge in [-0.05, 0) is 30.4 Å². The molecular formula is C21H23CuN2S. The Morgan fingerprint density at radius 1 is 1.08 bits per heavy atom. The molecule has 0 fully saturated rings. The molecule has 0 radical (unpaired) electrons. The van der Waals surface area contributed by atoms with Gasteiger partial charge in [0.05, 0.1) is 6.07 Å². The van der Waals surface area contributed by atoms with Gasteiger partial charge in [-0.15, -0.1) is 12.1 Å². The molecule has 0 spiro atoms. The van der Waals surface area contributed by atoms with Crippen molar-refractivity contribution in [3.8, 4) is 6.07 Å². The second kappa shape index (κ2) is 11.1. The van der Waals surface area contributed by atoms with Gasteiger partial charge in [0.15, 0.2) is 0 Å². The third-order valence-corrected chi connectivity index (χ3v) is 4.62. The molecule has 0 aliphatic carbocycles. The van der Waals surface area contributed by atoms with Crippen molar-refractivity contribution in [1.29, 1.82) is 5.26 Å². The summed E-state index contributed by atoms with van der Waals surface area (Å²) in [6.07, 6.45) is 2.31. The van der Waals surface area contributed by atoms with Crippen LogP contribution in [0.3, 0.4) is 0 Å². The van der Waals surface area contributed by atoms with Crippen LogP contribution in [0, 0.1) is 23.7 Å². The van der Waals surface area contributed by atoms with E-state index in [-0.39, 0.29) is 17.1 Å². The van der Waals surface area contributed by atoms with Crippen molar-refractivity contribution in [2.45, 2.75) is 31.1 Å². The number of rotatable bonds is 7. The molecule has 0 saturated carbocycles. The summed E-state index contributed by atoms with van der Waals surface area (Å²) in [6, 6.07) is 19.2. The molecule has 2 nitrogen and oxygen atoms in total. The summed E-state index contributed by atoms with van der Waals surface area (Å²) in [6.45, 7) is 2.09. The zero-order valence-corrected chi connectivity index (χ0v) is 16.6. The van der Waals surface area contributed by atoms with Crippen LogP contribution in [-0.4, -0.2) is 14.1 Å². The maximum atomic E-state index is 8.79. The van der Waals surface area contributed by atoms with Gasteiger partial charge in [-0.1, -0.05) is 36.2 Å². The first kappa shape index (κ1) is 21.4. The number of nitriles is 1. The summed E-state index contributed by atoms with van der Waals surface area (Å²) in [7, 11) is 4.08. The molecule has 0 aliphatic rings. The summed E-state index contributed by atoms with van der Waals surface area (Å²) >= 11 is 1.62. The number of hydrogen-bond donors (Lipinski definition) is 0. The maximum absolute atomic E-state index is 8.79. The molecule has 0 amide bonds. The minimum Gasteiger partial charge on any atom is -0.378 e. The molecule has 25 heavy (non-hydrogen) atoms. The second-order valence-electron chi connectivity index (χ2n) is 5.95. The van der Waals surface area contributed by atoms with E-state index in [2.05, 4.69) is 71.8 Å². The third-order valence-electron chi connectivity index (χ3n) is 3.76. The van der Waals surface area contributed by atoms with Gasteiger partial charge in [0, 0.05) is 26.2 Å². The summed E-state index contributed by atoms with van der Waals surface area (Å²) in [4.78, 5) is 3.27. The van der Waals surface area contributed by atoms with E-state index in [0.717, 1.165) is 12.8 Å². The van der Waals surface area contributed by atoms with Crippen molar-refractivity contribution in [2.75, 3.05) is 19.0 Å². The molecule has 0 aliphatic heterocycles. The standard InChI is InChI=1S/C21H23N2S.Cu/c1-17-7-13-21(14-8-17)24-16-19(6-4-5-15-22)18-9-11-20(12-10-18)23(2)3;/h7-14H,4-6H2,1-3H3;/q-1;+1. The monoisotopic (exact) mass is 398 g/mol. The number of benzene rings is 2. The molecule has 0 aromatic heterocycles. The molecule has 4 heteroatoms. The summed E-state index contributed by atoms with van der Waals surface area (Å²) in [5, 5.41) is 12.3. The van der Waals surface area contributed by atoms with E-state index in [9.17, 15) is 0 Å². The molecule has 0 heterocycles. The zero-order chi connectivity index (χ0) is 17.4. The van der Waals surface area contributed by atoms with E-state index in [4.69, 9.17) is 5.26 Å². The van der Waals surface area contributed by atoms with Crippen molar-refractivity contribution in [2.24, 2.45) is 0 Å².